The molecule has 0 fully saturated rings. The van der Waals surface area contributed by atoms with Crippen molar-refractivity contribution in [1.29, 1.82) is 0 Å². The first-order valence-electron chi connectivity index (χ1n) is 9.15. The zero-order valence-electron chi connectivity index (χ0n) is 17.3. The van der Waals surface area contributed by atoms with Crippen LogP contribution in [0.4, 0.5) is 17.6 Å². The largest absolute Gasteiger partial charge is 0.503 e. The summed E-state index contributed by atoms with van der Waals surface area (Å²) >= 11 is 12.2. The van der Waals surface area contributed by atoms with Gasteiger partial charge in [0.15, 0.2) is 5.75 Å². The Kier molecular flexibility index (Phi) is 9.43. The molecule has 0 saturated carbocycles. The Morgan fingerprint density at radius 2 is 1.70 bits per heavy atom. The molecule has 0 aliphatic rings. The van der Waals surface area contributed by atoms with E-state index in [0.29, 0.717) is 11.1 Å². The molecular weight excluding hydrogens is 491 g/mol. The predicted molar refractivity (Wildman–Crippen MR) is 115 cm³/mol. The molecule has 11 heteroatoms. The van der Waals surface area contributed by atoms with Gasteiger partial charge in [0.05, 0.1) is 30.5 Å². The van der Waals surface area contributed by atoms with Gasteiger partial charge in [0.25, 0.3) is 0 Å². The molecule has 0 aliphatic carbocycles. The van der Waals surface area contributed by atoms with E-state index in [2.05, 4.69) is 0 Å². The minimum atomic E-state index is -5.10. The third-order valence-corrected chi connectivity index (χ3v) is 4.64. The van der Waals surface area contributed by atoms with Gasteiger partial charge < -0.3 is 18.9 Å². The SMILES string of the molecule is CO/C=C(/C(=O)OC)c1ccccc1COc1cc(Cl)c(OCC=C(F)C(F)(F)F)c(Cl)c1. The van der Waals surface area contributed by atoms with Gasteiger partial charge in [-0.25, -0.2) is 9.18 Å². The van der Waals surface area contributed by atoms with Crippen molar-refractivity contribution in [3.8, 4) is 11.5 Å². The Balaban J connectivity index is 2.18. The van der Waals surface area contributed by atoms with Crippen LogP contribution in [0.1, 0.15) is 11.1 Å². The minimum absolute atomic E-state index is 0.000610. The van der Waals surface area contributed by atoms with Crippen molar-refractivity contribution in [1.82, 2.24) is 0 Å². The third kappa shape index (κ3) is 7.30. The summed E-state index contributed by atoms with van der Waals surface area (Å²) in [6.45, 7) is -0.735. The van der Waals surface area contributed by atoms with Crippen molar-refractivity contribution in [2.45, 2.75) is 12.8 Å². The Labute approximate surface area is 197 Å². The Hall–Kier alpha value is -2.91. The van der Waals surface area contributed by atoms with Crippen molar-refractivity contribution in [3.05, 3.63) is 75.7 Å². The van der Waals surface area contributed by atoms with Crippen LogP contribution in [0, 0.1) is 0 Å². The Morgan fingerprint density at radius 1 is 1.06 bits per heavy atom. The predicted octanol–water partition coefficient (Wildman–Crippen LogP) is 6.53. The van der Waals surface area contributed by atoms with E-state index in [4.69, 9.17) is 42.1 Å². The van der Waals surface area contributed by atoms with Crippen molar-refractivity contribution >= 4 is 34.7 Å². The number of rotatable bonds is 9. The second kappa shape index (κ2) is 11.8. The summed E-state index contributed by atoms with van der Waals surface area (Å²) in [5, 5.41) is -0.109. The zero-order valence-corrected chi connectivity index (χ0v) is 18.9. The van der Waals surface area contributed by atoms with Crippen molar-refractivity contribution in [2.75, 3.05) is 20.8 Å². The highest BCUT2D eigenvalue weighted by Gasteiger charge is 2.34. The standard InChI is InChI=1S/C22H18Cl2F4O5/c1-30-12-16(21(29)31-2)15-6-4-3-5-13(15)11-33-14-9-17(23)20(18(24)10-14)32-8-7-19(25)22(26,27)28/h3-7,9-10,12H,8,11H2,1-2H3/b16-12+,19-7?. The number of esters is 1. The highest BCUT2D eigenvalue weighted by molar-refractivity contribution is 6.37. The molecule has 0 aromatic heterocycles. The number of methoxy groups -OCH3 is 2. The molecule has 0 atom stereocenters. The van der Waals surface area contributed by atoms with Gasteiger partial charge in [-0.2, -0.15) is 13.2 Å². The lowest BCUT2D eigenvalue weighted by molar-refractivity contribution is -0.133. The smallest absolute Gasteiger partial charge is 0.442 e. The van der Waals surface area contributed by atoms with Crippen LogP contribution in [0.15, 0.2) is 54.6 Å². The number of halogens is 6. The topological polar surface area (TPSA) is 54.0 Å². The lowest BCUT2D eigenvalue weighted by Crippen LogP contribution is -2.09. The highest BCUT2D eigenvalue weighted by Crippen LogP contribution is 2.37. The number of ether oxygens (including phenoxy) is 4. The van der Waals surface area contributed by atoms with Crippen molar-refractivity contribution in [3.63, 3.8) is 0 Å². The van der Waals surface area contributed by atoms with E-state index in [0.717, 1.165) is 0 Å². The lowest BCUT2D eigenvalue weighted by atomic mass is 10.0. The molecule has 0 saturated heterocycles. The summed E-state index contributed by atoms with van der Waals surface area (Å²) in [6.07, 6.45) is -3.63. The van der Waals surface area contributed by atoms with E-state index in [-0.39, 0.29) is 39.8 Å². The van der Waals surface area contributed by atoms with E-state index < -0.39 is 24.6 Å². The molecule has 33 heavy (non-hydrogen) atoms. The molecule has 0 aliphatic heterocycles. The van der Waals surface area contributed by atoms with Gasteiger partial charge in [-0.05, 0) is 17.2 Å². The fourth-order valence-corrected chi connectivity index (χ4v) is 3.17. The Bertz CT molecular complexity index is 1030. The summed E-state index contributed by atoms with van der Waals surface area (Å²) in [7, 11) is 2.63. The monoisotopic (exact) mass is 508 g/mol. The zero-order chi connectivity index (χ0) is 24.6. The first-order chi connectivity index (χ1) is 15.6. The summed E-state index contributed by atoms with van der Waals surface area (Å²) in [5.41, 5.74) is 1.31. The van der Waals surface area contributed by atoms with E-state index in [1.807, 2.05) is 0 Å². The number of alkyl halides is 3. The molecular formula is C22H18Cl2F4O5. The number of carbonyl (C=O) groups excluding carboxylic acids is 1. The number of benzene rings is 2. The molecule has 0 spiro atoms. The maximum absolute atomic E-state index is 12.9. The summed E-state index contributed by atoms with van der Waals surface area (Å²) in [5.74, 6) is -2.80. The molecule has 2 aromatic rings. The average Bonchev–Trinajstić information content (AvgIpc) is 2.76. The summed E-state index contributed by atoms with van der Waals surface area (Å²) in [4.78, 5) is 12.1. The minimum Gasteiger partial charge on any atom is -0.503 e. The summed E-state index contributed by atoms with van der Waals surface area (Å²) < 4.78 is 70.0. The van der Waals surface area contributed by atoms with Gasteiger partial charge >= 0.3 is 12.1 Å². The van der Waals surface area contributed by atoms with E-state index in [1.54, 1.807) is 24.3 Å². The molecule has 5 nitrogen and oxygen atoms in total. The van der Waals surface area contributed by atoms with E-state index in [1.165, 1.54) is 32.6 Å². The number of hydrogen-bond donors (Lipinski definition) is 0. The van der Waals surface area contributed by atoms with Gasteiger partial charge in [-0.1, -0.05) is 47.5 Å². The van der Waals surface area contributed by atoms with Crippen LogP contribution in [0.2, 0.25) is 10.0 Å². The van der Waals surface area contributed by atoms with E-state index in [9.17, 15) is 22.4 Å². The van der Waals surface area contributed by atoms with Gasteiger partial charge in [-0.3, -0.25) is 0 Å². The number of carbonyl (C=O) groups is 1. The fraction of sp³-hybridized carbons (Fsp3) is 0.227. The van der Waals surface area contributed by atoms with Crippen LogP contribution in [-0.4, -0.2) is 33.0 Å². The third-order valence-electron chi connectivity index (χ3n) is 4.08. The van der Waals surface area contributed by atoms with Crippen LogP contribution in [0.3, 0.4) is 0 Å². The van der Waals surface area contributed by atoms with E-state index >= 15 is 0 Å². The van der Waals surface area contributed by atoms with Gasteiger partial charge in [0, 0.05) is 12.1 Å². The average molecular weight is 509 g/mol. The fourth-order valence-electron chi connectivity index (χ4n) is 2.59. The van der Waals surface area contributed by atoms with Crippen molar-refractivity contribution < 1.29 is 41.3 Å². The van der Waals surface area contributed by atoms with Crippen LogP contribution < -0.4 is 9.47 Å². The first-order valence-corrected chi connectivity index (χ1v) is 9.91. The maximum Gasteiger partial charge on any atom is 0.442 e. The maximum atomic E-state index is 12.9. The van der Waals surface area contributed by atoms with Crippen molar-refractivity contribution in [2.24, 2.45) is 0 Å². The molecule has 2 rings (SSSR count). The van der Waals surface area contributed by atoms with Gasteiger partial charge in [0.1, 0.15) is 24.5 Å². The lowest BCUT2D eigenvalue weighted by Gasteiger charge is -2.14. The number of hydrogen-bond acceptors (Lipinski definition) is 5. The molecule has 0 radical (unpaired) electrons. The van der Waals surface area contributed by atoms with Crippen LogP contribution in [-0.2, 0) is 20.9 Å². The Morgan fingerprint density at radius 3 is 2.27 bits per heavy atom. The van der Waals surface area contributed by atoms with Gasteiger partial charge in [-0.15, -0.1) is 0 Å². The molecule has 2 aromatic carbocycles. The van der Waals surface area contributed by atoms with Crippen LogP contribution >= 0.6 is 23.2 Å². The quantitative estimate of drug-likeness (QED) is 0.167. The summed E-state index contributed by atoms with van der Waals surface area (Å²) in [6, 6.07) is 9.55. The molecule has 0 unspecified atom stereocenters. The number of allylic oxidation sites excluding steroid dienone is 1. The van der Waals surface area contributed by atoms with Crippen LogP contribution in [0.25, 0.3) is 5.57 Å². The molecule has 178 valence electrons. The molecule has 0 N–H and O–H groups in total. The first kappa shape index (κ1) is 26.3. The molecule has 0 bridgehead atoms. The second-order valence-electron chi connectivity index (χ2n) is 6.28. The van der Waals surface area contributed by atoms with Gasteiger partial charge in [0.2, 0.25) is 5.83 Å². The molecule has 0 heterocycles. The normalized spacial score (nSPS) is 12.4. The molecule has 0 amide bonds. The van der Waals surface area contributed by atoms with Crippen LogP contribution in [0.5, 0.6) is 11.5 Å². The second-order valence-corrected chi connectivity index (χ2v) is 7.10. The highest BCUT2D eigenvalue weighted by atomic mass is 35.5.